The summed E-state index contributed by atoms with van der Waals surface area (Å²) in [6.07, 6.45) is -0.0484. The minimum Gasteiger partial charge on any atom is -0.497 e. The molecule has 0 aromatic heterocycles. The van der Waals surface area contributed by atoms with Crippen molar-refractivity contribution in [1.82, 2.24) is 0 Å². The maximum atomic E-state index is 13.1. The summed E-state index contributed by atoms with van der Waals surface area (Å²) in [7, 11) is 1.52. The molecule has 0 aliphatic carbocycles. The van der Waals surface area contributed by atoms with Crippen molar-refractivity contribution >= 4 is 45.3 Å². The summed E-state index contributed by atoms with van der Waals surface area (Å²) < 4.78 is 10.8. The van der Waals surface area contributed by atoms with Crippen LogP contribution < -0.4 is 10.1 Å². The zero-order valence-corrected chi connectivity index (χ0v) is 19.9. The molecule has 0 fully saturated rings. The second-order valence-electron chi connectivity index (χ2n) is 7.05. The first-order chi connectivity index (χ1) is 16.8. The van der Waals surface area contributed by atoms with E-state index in [9.17, 15) is 25.0 Å². The number of nitrogens with zero attached hydrogens (tertiary/aromatic N) is 2. The lowest BCUT2D eigenvalue weighted by atomic mass is 10.1. The highest BCUT2D eigenvalue weighted by Gasteiger charge is 2.27. The topological polar surface area (TPSA) is 132 Å². The van der Waals surface area contributed by atoms with Gasteiger partial charge in [0.05, 0.1) is 17.7 Å². The van der Waals surface area contributed by atoms with Gasteiger partial charge in [-0.3, -0.25) is 14.9 Å². The van der Waals surface area contributed by atoms with Crippen molar-refractivity contribution in [2.45, 2.75) is 6.10 Å². The fourth-order valence-corrected chi connectivity index (χ4v) is 3.46. The van der Waals surface area contributed by atoms with Crippen LogP contribution in [0.4, 0.5) is 11.4 Å². The number of nitro groups is 1. The summed E-state index contributed by atoms with van der Waals surface area (Å²) in [5.74, 6) is -1.09. The van der Waals surface area contributed by atoms with Gasteiger partial charge in [0.2, 0.25) is 6.10 Å². The van der Waals surface area contributed by atoms with Crippen LogP contribution in [0.5, 0.6) is 5.75 Å². The van der Waals surface area contributed by atoms with Crippen molar-refractivity contribution in [2.75, 3.05) is 12.4 Å². The van der Waals surface area contributed by atoms with Crippen molar-refractivity contribution in [2.24, 2.45) is 0 Å². The van der Waals surface area contributed by atoms with Crippen molar-refractivity contribution in [3.8, 4) is 11.8 Å². The number of methoxy groups -OCH3 is 1. The molecule has 1 atom stereocenters. The fraction of sp³-hybridized carbons (Fsp3) is 0.0800. The third kappa shape index (κ3) is 6.52. The lowest BCUT2D eigenvalue weighted by Gasteiger charge is -2.18. The van der Waals surface area contributed by atoms with E-state index in [4.69, 9.17) is 9.47 Å². The number of nitriles is 1. The Labute approximate surface area is 208 Å². The molecule has 0 radical (unpaired) electrons. The van der Waals surface area contributed by atoms with Crippen LogP contribution in [0.25, 0.3) is 6.08 Å². The van der Waals surface area contributed by atoms with Crippen LogP contribution in [0.2, 0.25) is 0 Å². The molecule has 1 amide bonds. The molecule has 0 aliphatic rings. The van der Waals surface area contributed by atoms with E-state index >= 15 is 0 Å². The highest BCUT2D eigenvalue weighted by molar-refractivity contribution is 9.10. The van der Waals surface area contributed by atoms with Crippen molar-refractivity contribution in [1.29, 1.82) is 5.26 Å². The second kappa shape index (κ2) is 11.6. The van der Waals surface area contributed by atoms with E-state index in [0.717, 1.165) is 0 Å². The number of ether oxygens (including phenoxy) is 2. The number of esters is 1. The number of carbonyl (C=O) groups excluding carboxylic acids is 2. The molecule has 0 saturated heterocycles. The Kier molecular flexibility index (Phi) is 8.32. The standard InChI is InChI=1S/C25H18BrN3O6/c1-34-20-10-7-16(8-11-20)13-18(15-27)25(31)35-23(17-5-3-2-4-6-17)24(30)28-22-12-9-19(29(32)33)14-21(22)26/h2-14,23H,1H3,(H,28,30). The van der Waals surface area contributed by atoms with E-state index in [1.54, 1.807) is 60.7 Å². The van der Waals surface area contributed by atoms with Gasteiger partial charge in [-0.05, 0) is 45.8 Å². The van der Waals surface area contributed by atoms with E-state index in [-0.39, 0.29) is 21.4 Å². The van der Waals surface area contributed by atoms with Gasteiger partial charge < -0.3 is 14.8 Å². The summed E-state index contributed by atoms with van der Waals surface area (Å²) >= 11 is 3.19. The normalized spacial score (nSPS) is 11.6. The number of amides is 1. The average molecular weight is 536 g/mol. The maximum Gasteiger partial charge on any atom is 0.350 e. The van der Waals surface area contributed by atoms with Gasteiger partial charge in [0.15, 0.2) is 0 Å². The molecule has 0 heterocycles. The van der Waals surface area contributed by atoms with Gasteiger partial charge in [0.1, 0.15) is 17.4 Å². The highest BCUT2D eigenvalue weighted by atomic mass is 79.9. The zero-order chi connectivity index (χ0) is 25.4. The van der Waals surface area contributed by atoms with E-state index in [1.807, 2.05) is 0 Å². The average Bonchev–Trinajstić information content (AvgIpc) is 2.87. The number of nitro benzene ring substituents is 1. The van der Waals surface area contributed by atoms with Crippen molar-refractivity contribution < 1.29 is 24.0 Å². The van der Waals surface area contributed by atoms with Gasteiger partial charge in [-0.15, -0.1) is 0 Å². The molecule has 0 bridgehead atoms. The highest BCUT2D eigenvalue weighted by Crippen LogP contribution is 2.29. The van der Waals surface area contributed by atoms with Crippen LogP contribution in [0.3, 0.4) is 0 Å². The smallest absolute Gasteiger partial charge is 0.350 e. The molecule has 3 aromatic carbocycles. The first kappa shape index (κ1) is 25.1. The third-order valence-electron chi connectivity index (χ3n) is 4.75. The molecule has 9 nitrogen and oxygen atoms in total. The van der Waals surface area contributed by atoms with E-state index < -0.39 is 22.9 Å². The zero-order valence-electron chi connectivity index (χ0n) is 18.3. The molecular formula is C25H18BrN3O6. The number of carbonyl (C=O) groups is 2. The molecule has 0 aliphatic heterocycles. The molecule has 3 rings (SSSR count). The van der Waals surface area contributed by atoms with Crippen molar-refractivity contribution in [3.63, 3.8) is 0 Å². The minimum atomic E-state index is -1.39. The van der Waals surface area contributed by atoms with Crippen LogP contribution in [0, 0.1) is 21.4 Å². The predicted octanol–water partition coefficient (Wildman–Crippen LogP) is 5.20. The van der Waals surface area contributed by atoms with E-state index in [1.165, 1.54) is 31.4 Å². The lowest BCUT2D eigenvalue weighted by molar-refractivity contribution is -0.384. The Morgan fingerprint density at radius 1 is 1.11 bits per heavy atom. The fourth-order valence-electron chi connectivity index (χ4n) is 2.99. The van der Waals surface area contributed by atoms with Crippen LogP contribution in [0.1, 0.15) is 17.2 Å². The Hall–Kier alpha value is -4.49. The number of halogens is 1. The molecule has 3 aromatic rings. The first-order valence-electron chi connectivity index (χ1n) is 10.1. The van der Waals surface area contributed by atoms with Crippen LogP contribution >= 0.6 is 15.9 Å². The Balaban J connectivity index is 1.86. The van der Waals surface area contributed by atoms with Crippen molar-refractivity contribution in [3.05, 3.63) is 104 Å². The molecule has 35 heavy (non-hydrogen) atoms. The molecule has 1 unspecified atom stereocenters. The number of hydrogen-bond acceptors (Lipinski definition) is 7. The first-order valence-corrected chi connectivity index (χ1v) is 10.9. The minimum absolute atomic E-state index is 0.164. The van der Waals surface area contributed by atoms with Gasteiger partial charge in [0, 0.05) is 22.2 Å². The molecule has 10 heteroatoms. The van der Waals surface area contributed by atoms with Crippen LogP contribution in [0.15, 0.2) is 82.8 Å². The monoisotopic (exact) mass is 535 g/mol. The largest absolute Gasteiger partial charge is 0.497 e. The van der Waals surface area contributed by atoms with Crippen LogP contribution in [-0.4, -0.2) is 23.9 Å². The SMILES string of the molecule is COc1ccc(C=C(C#N)C(=O)OC(C(=O)Nc2ccc([N+](=O)[O-])cc2Br)c2ccccc2)cc1. The summed E-state index contributed by atoms with van der Waals surface area (Å²) in [6, 6.07) is 20.6. The Bertz CT molecular complexity index is 1320. The van der Waals surface area contributed by atoms with Gasteiger partial charge in [0.25, 0.3) is 11.6 Å². The molecule has 0 spiro atoms. The summed E-state index contributed by atoms with van der Waals surface area (Å²) in [5.41, 5.74) is 0.712. The molecule has 1 N–H and O–H groups in total. The molecule has 0 saturated carbocycles. The van der Waals surface area contributed by atoms with Gasteiger partial charge in [-0.25, -0.2) is 4.79 Å². The molecular weight excluding hydrogens is 518 g/mol. The number of anilines is 1. The number of nitrogens with one attached hydrogen (secondary N) is 1. The number of non-ortho nitro benzene ring substituents is 1. The quantitative estimate of drug-likeness (QED) is 0.138. The third-order valence-corrected chi connectivity index (χ3v) is 5.41. The van der Waals surface area contributed by atoms with Gasteiger partial charge in [-0.2, -0.15) is 5.26 Å². The van der Waals surface area contributed by atoms with Gasteiger partial charge in [-0.1, -0.05) is 42.5 Å². The summed E-state index contributed by atoms with van der Waals surface area (Å²) in [6.45, 7) is 0. The second-order valence-corrected chi connectivity index (χ2v) is 7.90. The summed E-state index contributed by atoms with van der Waals surface area (Å²) in [5, 5.41) is 23.1. The number of benzene rings is 3. The maximum absolute atomic E-state index is 13.1. The lowest BCUT2D eigenvalue weighted by Crippen LogP contribution is -2.26. The predicted molar refractivity (Wildman–Crippen MR) is 131 cm³/mol. The van der Waals surface area contributed by atoms with E-state index in [0.29, 0.717) is 16.9 Å². The van der Waals surface area contributed by atoms with E-state index in [2.05, 4.69) is 21.2 Å². The Morgan fingerprint density at radius 3 is 2.37 bits per heavy atom. The summed E-state index contributed by atoms with van der Waals surface area (Å²) in [4.78, 5) is 36.3. The number of rotatable bonds is 8. The molecule has 176 valence electrons. The van der Waals surface area contributed by atoms with Crippen LogP contribution in [-0.2, 0) is 14.3 Å². The number of hydrogen-bond donors (Lipinski definition) is 1. The Morgan fingerprint density at radius 2 is 1.80 bits per heavy atom. The van der Waals surface area contributed by atoms with Gasteiger partial charge >= 0.3 is 5.97 Å².